The van der Waals surface area contributed by atoms with Gasteiger partial charge in [0.2, 0.25) is 0 Å². The van der Waals surface area contributed by atoms with Crippen molar-refractivity contribution in [2.45, 2.75) is 0 Å². The smallest absolute Gasteiger partial charge is 0.200 e. The molecule has 0 bridgehead atoms. The van der Waals surface area contributed by atoms with Crippen LogP contribution < -0.4 is 4.74 Å². The van der Waals surface area contributed by atoms with Gasteiger partial charge in [-0.05, 0) is 59.0 Å². The minimum absolute atomic E-state index is 0.0875. The molecule has 0 fully saturated rings. The van der Waals surface area contributed by atoms with Crippen molar-refractivity contribution < 1.29 is 18.3 Å². The first kappa shape index (κ1) is 13.9. The minimum Gasteiger partial charge on any atom is -0.485 e. The lowest BCUT2D eigenvalue weighted by molar-refractivity contribution is 0.0921. The van der Waals surface area contributed by atoms with Crippen molar-refractivity contribution in [2.75, 3.05) is 6.61 Å². The molecule has 98 valence electrons. The first-order valence-electron chi connectivity index (χ1n) is 5.43. The molecule has 0 saturated heterocycles. The molecular weight excluding hydrogens is 365 g/mol. The molecule has 0 aromatic heterocycles. The highest BCUT2D eigenvalue weighted by Gasteiger charge is 2.10. The average Bonchev–Trinajstić information content (AvgIpc) is 2.39. The molecule has 2 nitrogen and oxygen atoms in total. The summed E-state index contributed by atoms with van der Waals surface area (Å²) in [5.74, 6) is -1.87. The van der Waals surface area contributed by atoms with E-state index in [9.17, 15) is 13.6 Å². The number of hydrogen-bond donors (Lipinski definition) is 0. The number of halogens is 3. The summed E-state index contributed by atoms with van der Waals surface area (Å²) in [7, 11) is 0. The highest BCUT2D eigenvalue weighted by molar-refractivity contribution is 14.1. The van der Waals surface area contributed by atoms with Gasteiger partial charge in [0.1, 0.15) is 5.75 Å². The van der Waals surface area contributed by atoms with Gasteiger partial charge in [0.25, 0.3) is 0 Å². The molecule has 0 radical (unpaired) electrons. The van der Waals surface area contributed by atoms with Gasteiger partial charge in [-0.25, -0.2) is 8.78 Å². The summed E-state index contributed by atoms with van der Waals surface area (Å²) < 4.78 is 32.0. The van der Waals surface area contributed by atoms with E-state index in [-0.39, 0.29) is 12.2 Å². The summed E-state index contributed by atoms with van der Waals surface area (Å²) in [6.45, 7) is -0.217. The Labute approximate surface area is 122 Å². The van der Waals surface area contributed by atoms with Crippen LogP contribution >= 0.6 is 22.6 Å². The molecule has 0 aliphatic carbocycles. The largest absolute Gasteiger partial charge is 0.485 e. The van der Waals surface area contributed by atoms with Crippen LogP contribution in [-0.4, -0.2) is 12.4 Å². The van der Waals surface area contributed by atoms with Crippen LogP contribution in [0.3, 0.4) is 0 Å². The molecule has 2 aromatic rings. The summed E-state index contributed by atoms with van der Waals surface area (Å²) in [5, 5.41) is 0. The molecule has 19 heavy (non-hydrogen) atoms. The Bertz CT molecular complexity index is 614. The Kier molecular flexibility index (Phi) is 4.47. The van der Waals surface area contributed by atoms with Gasteiger partial charge in [-0.2, -0.15) is 0 Å². The van der Waals surface area contributed by atoms with E-state index in [0.29, 0.717) is 5.75 Å². The predicted molar refractivity (Wildman–Crippen MR) is 75.3 cm³/mol. The van der Waals surface area contributed by atoms with Crippen molar-refractivity contribution in [2.24, 2.45) is 0 Å². The topological polar surface area (TPSA) is 26.3 Å². The van der Waals surface area contributed by atoms with Crippen molar-refractivity contribution in [3.05, 3.63) is 63.2 Å². The standard InChI is InChI=1S/C14H9F2IO2/c15-12-5-4-9(6-13(12)16)14(18)8-19-11-3-1-2-10(17)7-11/h1-7H,8H2. The van der Waals surface area contributed by atoms with Crippen LogP contribution in [0.1, 0.15) is 10.4 Å². The Morgan fingerprint density at radius 3 is 2.58 bits per heavy atom. The summed E-state index contributed by atoms with van der Waals surface area (Å²) in [5.41, 5.74) is 0.0875. The lowest BCUT2D eigenvalue weighted by atomic mass is 10.1. The Balaban J connectivity index is 2.03. The molecule has 0 saturated carbocycles. The van der Waals surface area contributed by atoms with Crippen LogP contribution in [0.5, 0.6) is 5.75 Å². The van der Waals surface area contributed by atoms with Gasteiger partial charge >= 0.3 is 0 Å². The maximum Gasteiger partial charge on any atom is 0.200 e. The van der Waals surface area contributed by atoms with Gasteiger partial charge < -0.3 is 4.74 Å². The third-order valence-electron chi connectivity index (χ3n) is 2.41. The van der Waals surface area contributed by atoms with E-state index >= 15 is 0 Å². The van der Waals surface area contributed by atoms with E-state index in [1.54, 1.807) is 18.2 Å². The monoisotopic (exact) mass is 374 g/mol. The average molecular weight is 374 g/mol. The minimum atomic E-state index is -1.04. The van der Waals surface area contributed by atoms with Crippen LogP contribution in [0, 0.1) is 15.2 Å². The molecule has 0 N–H and O–H groups in total. The van der Waals surface area contributed by atoms with E-state index in [4.69, 9.17) is 4.74 Å². The number of ether oxygens (including phenoxy) is 1. The Hall–Kier alpha value is -1.50. The molecule has 2 rings (SSSR count). The molecule has 0 atom stereocenters. The Morgan fingerprint density at radius 2 is 1.89 bits per heavy atom. The second-order valence-corrected chi connectivity index (χ2v) is 5.04. The molecular formula is C14H9F2IO2. The van der Waals surface area contributed by atoms with Crippen LogP contribution in [0.2, 0.25) is 0 Å². The van der Waals surface area contributed by atoms with Crippen molar-refractivity contribution in [1.29, 1.82) is 0 Å². The second-order valence-electron chi connectivity index (χ2n) is 3.80. The molecule has 0 amide bonds. The zero-order valence-corrected chi connectivity index (χ0v) is 11.9. The highest BCUT2D eigenvalue weighted by atomic mass is 127. The molecule has 0 aliphatic heterocycles. The van der Waals surface area contributed by atoms with Gasteiger partial charge in [-0.15, -0.1) is 0 Å². The van der Waals surface area contributed by atoms with Crippen molar-refractivity contribution >= 4 is 28.4 Å². The van der Waals surface area contributed by atoms with Gasteiger partial charge in [-0.3, -0.25) is 4.79 Å². The summed E-state index contributed by atoms with van der Waals surface area (Å²) in [6, 6.07) is 10.2. The third kappa shape index (κ3) is 3.73. The number of carbonyl (C=O) groups is 1. The normalized spacial score (nSPS) is 10.3. The Morgan fingerprint density at radius 1 is 1.11 bits per heavy atom. The van der Waals surface area contributed by atoms with E-state index in [1.165, 1.54) is 6.07 Å². The molecule has 0 unspecified atom stereocenters. The maximum atomic E-state index is 13.0. The molecule has 0 spiro atoms. The number of Topliss-reactive ketones (excluding diaryl/α,β-unsaturated/α-hetero) is 1. The SMILES string of the molecule is O=C(COc1cccc(I)c1)c1ccc(F)c(F)c1. The fourth-order valence-electron chi connectivity index (χ4n) is 1.46. The molecule has 0 heterocycles. The number of ketones is 1. The lowest BCUT2D eigenvalue weighted by Crippen LogP contribution is -2.12. The number of rotatable bonds is 4. The first-order valence-corrected chi connectivity index (χ1v) is 6.51. The summed E-state index contributed by atoms with van der Waals surface area (Å²) in [6.07, 6.45) is 0. The van der Waals surface area contributed by atoms with Crippen molar-refractivity contribution in [3.63, 3.8) is 0 Å². The van der Waals surface area contributed by atoms with Gasteiger partial charge in [-0.1, -0.05) is 6.07 Å². The van der Waals surface area contributed by atoms with Crippen LogP contribution in [0.4, 0.5) is 8.78 Å². The lowest BCUT2D eigenvalue weighted by Gasteiger charge is -2.06. The van der Waals surface area contributed by atoms with Crippen molar-refractivity contribution in [1.82, 2.24) is 0 Å². The van der Waals surface area contributed by atoms with E-state index in [2.05, 4.69) is 22.6 Å². The van der Waals surface area contributed by atoms with Gasteiger partial charge in [0, 0.05) is 9.13 Å². The van der Waals surface area contributed by atoms with Gasteiger partial charge in [0.15, 0.2) is 24.0 Å². The zero-order chi connectivity index (χ0) is 13.8. The van der Waals surface area contributed by atoms with Crippen LogP contribution in [0.15, 0.2) is 42.5 Å². The van der Waals surface area contributed by atoms with E-state index in [1.807, 2.05) is 6.07 Å². The van der Waals surface area contributed by atoms with Crippen LogP contribution in [-0.2, 0) is 0 Å². The zero-order valence-electron chi connectivity index (χ0n) is 9.70. The third-order valence-corrected chi connectivity index (χ3v) is 3.08. The van der Waals surface area contributed by atoms with E-state index in [0.717, 1.165) is 15.7 Å². The number of benzene rings is 2. The predicted octanol–water partition coefficient (Wildman–Crippen LogP) is 3.83. The molecule has 2 aromatic carbocycles. The second kappa shape index (κ2) is 6.10. The summed E-state index contributed by atoms with van der Waals surface area (Å²) in [4.78, 5) is 11.8. The molecule has 5 heteroatoms. The molecule has 0 aliphatic rings. The number of hydrogen-bond acceptors (Lipinski definition) is 2. The summed E-state index contributed by atoms with van der Waals surface area (Å²) >= 11 is 2.13. The van der Waals surface area contributed by atoms with Gasteiger partial charge in [0.05, 0.1) is 0 Å². The quantitative estimate of drug-likeness (QED) is 0.601. The fraction of sp³-hybridized carbons (Fsp3) is 0.0714. The number of carbonyl (C=O) groups excluding carboxylic acids is 1. The van der Waals surface area contributed by atoms with E-state index < -0.39 is 17.4 Å². The van der Waals surface area contributed by atoms with Crippen LogP contribution in [0.25, 0.3) is 0 Å². The van der Waals surface area contributed by atoms with Crippen molar-refractivity contribution in [3.8, 4) is 5.75 Å². The highest BCUT2D eigenvalue weighted by Crippen LogP contribution is 2.15. The fourth-order valence-corrected chi connectivity index (χ4v) is 1.97. The maximum absolute atomic E-state index is 13.0. The first-order chi connectivity index (χ1) is 9.06.